The van der Waals surface area contributed by atoms with Crippen LogP contribution < -0.4 is 5.32 Å². The Balaban J connectivity index is 1.47. The Kier molecular flexibility index (Phi) is 6.24. The van der Waals surface area contributed by atoms with E-state index in [2.05, 4.69) is 21.4 Å². The Hall–Kier alpha value is -5.22. The number of H-pyrrole nitrogens is 1. The largest absolute Gasteiger partial charge is 0.494 e. The van der Waals surface area contributed by atoms with Gasteiger partial charge in [-0.1, -0.05) is 36.4 Å². The first kappa shape index (κ1) is 22.6. The van der Waals surface area contributed by atoms with Gasteiger partial charge in [-0.2, -0.15) is 5.26 Å². The van der Waals surface area contributed by atoms with Gasteiger partial charge < -0.3 is 15.4 Å². The second kappa shape index (κ2) is 9.95. The fourth-order valence-electron chi connectivity index (χ4n) is 3.99. The molecule has 3 N–H and O–H groups in total. The van der Waals surface area contributed by atoms with Gasteiger partial charge in [-0.25, -0.2) is 4.99 Å². The molecule has 0 aliphatic rings. The van der Waals surface area contributed by atoms with Crippen LogP contribution in [0.15, 0.2) is 102 Å². The predicted molar refractivity (Wildman–Crippen MR) is 139 cm³/mol. The molecular weight excluding hydrogens is 450 g/mol. The molecule has 5 aromatic rings. The highest BCUT2D eigenvalue weighted by Gasteiger charge is 2.19. The van der Waals surface area contributed by atoms with Gasteiger partial charge in [-0.15, -0.1) is 0 Å². The van der Waals surface area contributed by atoms with Crippen molar-refractivity contribution in [1.82, 2.24) is 9.97 Å². The topological polar surface area (TPSA) is 114 Å². The first-order valence-corrected chi connectivity index (χ1v) is 11.3. The molecule has 0 aliphatic carbocycles. The fourth-order valence-corrected chi connectivity index (χ4v) is 3.99. The maximum absolute atomic E-state index is 12.4. The van der Waals surface area contributed by atoms with Crippen LogP contribution in [-0.2, 0) is 11.2 Å². The zero-order valence-electron chi connectivity index (χ0n) is 19.1. The number of amides is 1. The third-order valence-corrected chi connectivity index (χ3v) is 5.70. The SMILES string of the molecule is N#Cc1ccc2c(C(=Nc3ccc(NC(=O)Cc4ccncc4)cc3)c3ccccc3)c(O)[nH]c2c1. The van der Waals surface area contributed by atoms with Crippen LogP contribution in [-0.4, -0.2) is 26.7 Å². The average Bonchev–Trinajstić information content (AvgIpc) is 3.23. The number of fused-ring (bicyclic) bond motifs is 1. The Labute approximate surface area is 207 Å². The van der Waals surface area contributed by atoms with E-state index < -0.39 is 0 Å². The number of carbonyl (C=O) groups is 1. The number of anilines is 1. The number of aromatic amines is 1. The Morgan fingerprint density at radius 1 is 1.00 bits per heavy atom. The van der Waals surface area contributed by atoms with Crippen LogP contribution in [0.4, 0.5) is 11.4 Å². The lowest BCUT2D eigenvalue weighted by Crippen LogP contribution is -2.14. The highest BCUT2D eigenvalue weighted by Crippen LogP contribution is 2.32. The summed E-state index contributed by atoms with van der Waals surface area (Å²) < 4.78 is 0. The summed E-state index contributed by atoms with van der Waals surface area (Å²) in [4.78, 5) is 24.2. The second-order valence-corrected chi connectivity index (χ2v) is 8.17. The van der Waals surface area contributed by atoms with Crippen LogP contribution in [0, 0.1) is 11.3 Å². The van der Waals surface area contributed by atoms with E-state index in [1.807, 2.05) is 54.6 Å². The minimum absolute atomic E-state index is 0.0253. The van der Waals surface area contributed by atoms with E-state index in [-0.39, 0.29) is 18.2 Å². The molecule has 0 fully saturated rings. The van der Waals surface area contributed by atoms with Gasteiger partial charge in [0.1, 0.15) is 0 Å². The van der Waals surface area contributed by atoms with E-state index in [0.29, 0.717) is 33.7 Å². The van der Waals surface area contributed by atoms with Gasteiger partial charge in [0.2, 0.25) is 5.91 Å². The third-order valence-electron chi connectivity index (χ3n) is 5.70. The molecule has 7 nitrogen and oxygen atoms in total. The molecule has 7 heteroatoms. The van der Waals surface area contributed by atoms with Crippen molar-refractivity contribution in [3.63, 3.8) is 0 Å². The van der Waals surface area contributed by atoms with Crippen LogP contribution in [0.2, 0.25) is 0 Å². The smallest absolute Gasteiger partial charge is 0.228 e. The maximum Gasteiger partial charge on any atom is 0.228 e. The lowest BCUT2D eigenvalue weighted by Gasteiger charge is -2.09. The van der Waals surface area contributed by atoms with Gasteiger partial charge in [0.15, 0.2) is 5.88 Å². The maximum atomic E-state index is 12.4. The summed E-state index contributed by atoms with van der Waals surface area (Å²) in [5, 5.41) is 23.7. The fraction of sp³-hybridized carbons (Fsp3) is 0.0345. The van der Waals surface area contributed by atoms with Gasteiger partial charge in [-0.3, -0.25) is 9.78 Å². The first-order chi connectivity index (χ1) is 17.6. The molecular formula is C29H21N5O2. The molecule has 0 atom stereocenters. The van der Waals surface area contributed by atoms with E-state index >= 15 is 0 Å². The number of nitrogens with zero attached hydrogens (tertiary/aromatic N) is 3. The first-order valence-electron chi connectivity index (χ1n) is 11.3. The number of hydrogen-bond acceptors (Lipinski definition) is 5. The number of hydrogen-bond donors (Lipinski definition) is 3. The van der Waals surface area contributed by atoms with E-state index in [0.717, 1.165) is 16.5 Å². The average molecular weight is 472 g/mol. The number of pyridine rings is 1. The van der Waals surface area contributed by atoms with Gasteiger partial charge in [0.05, 0.1) is 40.5 Å². The monoisotopic (exact) mass is 471 g/mol. The minimum atomic E-state index is -0.122. The van der Waals surface area contributed by atoms with Gasteiger partial charge >= 0.3 is 0 Å². The lowest BCUT2D eigenvalue weighted by atomic mass is 10.00. The highest BCUT2D eigenvalue weighted by atomic mass is 16.3. The summed E-state index contributed by atoms with van der Waals surface area (Å²) in [7, 11) is 0. The highest BCUT2D eigenvalue weighted by molar-refractivity contribution is 6.22. The summed E-state index contributed by atoms with van der Waals surface area (Å²) in [5.41, 5.74) is 5.31. The molecule has 0 bridgehead atoms. The van der Waals surface area contributed by atoms with Crippen molar-refractivity contribution in [2.24, 2.45) is 4.99 Å². The molecule has 0 saturated carbocycles. The van der Waals surface area contributed by atoms with Crippen molar-refractivity contribution in [3.8, 4) is 11.9 Å². The van der Waals surface area contributed by atoms with E-state index in [9.17, 15) is 15.2 Å². The predicted octanol–water partition coefficient (Wildman–Crippen LogP) is 5.49. The summed E-state index contributed by atoms with van der Waals surface area (Å²) in [6, 6.07) is 27.7. The summed E-state index contributed by atoms with van der Waals surface area (Å²) in [6.45, 7) is 0. The van der Waals surface area contributed by atoms with Crippen LogP contribution in [0.5, 0.6) is 5.88 Å². The number of nitrogens with one attached hydrogen (secondary N) is 2. The van der Waals surface area contributed by atoms with Crippen LogP contribution in [0.1, 0.15) is 22.3 Å². The quantitative estimate of drug-likeness (QED) is 0.284. The minimum Gasteiger partial charge on any atom is -0.494 e. The number of rotatable bonds is 6. The molecule has 0 saturated heterocycles. The molecule has 0 spiro atoms. The van der Waals surface area contributed by atoms with E-state index in [1.54, 1.807) is 42.7 Å². The molecule has 0 aliphatic heterocycles. The second-order valence-electron chi connectivity index (χ2n) is 8.17. The molecule has 5 rings (SSSR count). The van der Waals surface area contributed by atoms with Gasteiger partial charge in [-0.05, 0) is 54.1 Å². The van der Waals surface area contributed by atoms with Crippen LogP contribution in [0.25, 0.3) is 10.9 Å². The van der Waals surface area contributed by atoms with E-state index in [4.69, 9.17) is 4.99 Å². The standard InChI is InChI=1S/C29H21N5O2/c30-18-20-6-11-24-25(16-20)34-29(36)27(24)28(21-4-2-1-3-5-21)33-23-9-7-22(8-10-23)32-26(35)17-19-12-14-31-15-13-19/h1-16,34,36H,17H2,(H,32,35). The number of aliphatic imine (C=N–C) groups is 1. The normalized spacial score (nSPS) is 11.2. The number of carbonyl (C=O) groups excluding carboxylic acids is 1. The van der Waals surface area contributed by atoms with Crippen molar-refractivity contribution in [2.45, 2.75) is 6.42 Å². The number of benzene rings is 3. The van der Waals surface area contributed by atoms with Crippen molar-refractivity contribution in [2.75, 3.05) is 5.32 Å². The molecule has 36 heavy (non-hydrogen) atoms. The van der Waals surface area contributed by atoms with Gasteiger partial charge in [0.25, 0.3) is 0 Å². The third kappa shape index (κ3) is 4.83. The lowest BCUT2D eigenvalue weighted by molar-refractivity contribution is -0.115. The molecule has 0 radical (unpaired) electrons. The van der Waals surface area contributed by atoms with Crippen molar-refractivity contribution in [3.05, 3.63) is 120 Å². The Morgan fingerprint density at radius 2 is 1.75 bits per heavy atom. The molecule has 2 aromatic heterocycles. The summed E-state index contributed by atoms with van der Waals surface area (Å²) in [6.07, 6.45) is 3.58. The molecule has 2 heterocycles. The Bertz CT molecular complexity index is 1600. The summed E-state index contributed by atoms with van der Waals surface area (Å²) in [5.74, 6) is -0.148. The van der Waals surface area contributed by atoms with Crippen LogP contribution in [0.3, 0.4) is 0 Å². The molecule has 3 aromatic carbocycles. The van der Waals surface area contributed by atoms with Crippen molar-refractivity contribution in [1.29, 1.82) is 5.26 Å². The molecule has 0 unspecified atom stereocenters. The van der Waals surface area contributed by atoms with Gasteiger partial charge in [0, 0.05) is 29.0 Å². The zero-order chi connectivity index (χ0) is 24.9. The number of nitriles is 1. The Morgan fingerprint density at radius 3 is 2.47 bits per heavy atom. The summed E-state index contributed by atoms with van der Waals surface area (Å²) >= 11 is 0. The number of aromatic nitrogens is 2. The molecule has 174 valence electrons. The zero-order valence-corrected chi connectivity index (χ0v) is 19.1. The number of aromatic hydroxyl groups is 1. The van der Waals surface area contributed by atoms with E-state index in [1.165, 1.54) is 0 Å². The molecule has 1 amide bonds. The van der Waals surface area contributed by atoms with Crippen LogP contribution >= 0.6 is 0 Å². The van der Waals surface area contributed by atoms with Crippen molar-refractivity contribution >= 4 is 33.9 Å². The van der Waals surface area contributed by atoms with Crippen molar-refractivity contribution < 1.29 is 9.90 Å².